The molecule has 114 valence electrons. The molecular weight excluding hydrogens is 417 g/mol. The number of alkyl halides is 3. The van der Waals surface area contributed by atoms with Crippen LogP contribution >= 0.6 is 31.9 Å². The molecule has 1 unspecified atom stereocenters. The zero-order valence-electron chi connectivity index (χ0n) is 10.8. The summed E-state index contributed by atoms with van der Waals surface area (Å²) in [5.74, 6) is 0. The van der Waals surface area contributed by atoms with Gasteiger partial charge in [0, 0.05) is 11.0 Å². The summed E-state index contributed by atoms with van der Waals surface area (Å²) >= 11 is 6.23. The van der Waals surface area contributed by atoms with Crippen molar-refractivity contribution in [3.05, 3.63) is 50.2 Å². The van der Waals surface area contributed by atoms with Gasteiger partial charge in [-0.15, -0.1) is 0 Å². The smallest absolute Gasteiger partial charge is 0.382 e. The van der Waals surface area contributed by atoms with Crippen LogP contribution in [0.2, 0.25) is 0 Å². The Kier molecular flexibility index (Phi) is 4.79. The summed E-state index contributed by atoms with van der Waals surface area (Å²) in [6.07, 6.45) is -4.52. The van der Waals surface area contributed by atoms with Crippen molar-refractivity contribution < 1.29 is 18.3 Å². The Morgan fingerprint density at radius 3 is 2.57 bits per heavy atom. The van der Waals surface area contributed by atoms with Crippen LogP contribution in [0.1, 0.15) is 29.8 Å². The Hall–Kier alpha value is -0.860. The van der Waals surface area contributed by atoms with Crippen LogP contribution < -0.4 is 0 Å². The molecule has 0 radical (unpaired) electrons. The number of rotatable bonds is 3. The number of nitrogens with zero attached hydrogens (tertiary/aromatic N) is 2. The SMILES string of the molecule is CCn1ncc(Br)c1C(O)c1ccc(Br)cc1C(F)(F)F. The zero-order valence-corrected chi connectivity index (χ0v) is 14.0. The van der Waals surface area contributed by atoms with Gasteiger partial charge in [-0.05, 0) is 40.5 Å². The first-order chi connectivity index (χ1) is 9.75. The maximum atomic E-state index is 13.1. The largest absolute Gasteiger partial charge is 0.416 e. The van der Waals surface area contributed by atoms with Crippen molar-refractivity contribution in [1.29, 1.82) is 0 Å². The molecule has 0 bridgehead atoms. The van der Waals surface area contributed by atoms with Crippen LogP contribution in [0, 0.1) is 0 Å². The highest BCUT2D eigenvalue weighted by Crippen LogP contribution is 2.39. The molecule has 1 aromatic heterocycles. The number of aliphatic hydroxyl groups is 1. The molecule has 0 saturated heterocycles. The summed E-state index contributed by atoms with van der Waals surface area (Å²) in [5.41, 5.74) is -0.785. The van der Waals surface area contributed by atoms with Gasteiger partial charge in [0.05, 0.1) is 21.9 Å². The molecular formula is C13H11Br2F3N2O. The van der Waals surface area contributed by atoms with Crippen LogP contribution in [-0.2, 0) is 12.7 Å². The van der Waals surface area contributed by atoms with E-state index in [0.717, 1.165) is 6.07 Å². The summed E-state index contributed by atoms with van der Waals surface area (Å²) < 4.78 is 41.7. The van der Waals surface area contributed by atoms with E-state index in [1.54, 1.807) is 6.92 Å². The third kappa shape index (κ3) is 3.32. The van der Waals surface area contributed by atoms with E-state index in [1.165, 1.54) is 23.0 Å². The van der Waals surface area contributed by atoms with E-state index in [4.69, 9.17) is 0 Å². The number of hydrogen-bond acceptors (Lipinski definition) is 2. The van der Waals surface area contributed by atoms with Gasteiger partial charge in [-0.2, -0.15) is 18.3 Å². The van der Waals surface area contributed by atoms with Gasteiger partial charge in [-0.25, -0.2) is 0 Å². The number of halogens is 5. The molecule has 0 fully saturated rings. The molecule has 2 rings (SSSR count). The summed E-state index contributed by atoms with van der Waals surface area (Å²) in [4.78, 5) is 0. The normalized spacial score (nSPS) is 13.5. The number of benzene rings is 1. The van der Waals surface area contributed by atoms with E-state index in [1.807, 2.05) is 0 Å². The minimum absolute atomic E-state index is 0.207. The molecule has 8 heteroatoms. The average molecular weight is 428 g/mol. The van der Waals surface area contributed by atoms with E-state index in [9.17, 15) is 18.3 Å². The van der Waals surface area contributed by atoms with Gasteiger partial charge >= 0.3 is 6.18 Å². The Labute approximate surface area is 136 Å². The van der Waals surface area contributed by atoms with E-state index in [-0.39, 0.29) is 5.56 Å². The van der Waals surface area contributed by atoms with Gasteiger partial charge in [-0.3, -0.25) is 4.68 Å². The Balaban J connectivity index is 2.58. The van der Waals surface area contributed by atoms with Crippen molar-refractivity contribution in [1.82, 2.24) is 9.78 Å². The summed E-state index contributed by atoms with van der Waals surface area (Å²) in [6.45, 7) is 2.23. The van der Waals surface area contributed by atoms with Crippen LogP contribution in [0.15, 0.2) is 33.3 Å². The standard InChI is InChI=1S/C13H11Br2F3N2O/c1-2-20-11(10(15)6-19-20)12(21)8-4-3-7(14)5-9(8)13(16,17)18/h3-6,12,21H,2H2,1H3. The minimum Gasteiger partial charge on any atom is -0.382 e. The fourth-order valence-electron chi connectivity index (χ4n) is 2.06. The molecule has 0 saturated carbocycles. The number of aliphatic hydroxyl groups excluding tert-OH is 1. The van der Waals surface area contributed by atoms with Crippen LogP contribution in [0.5, 0.6) is 0 Å². The highest BCUT2D eigenvalue weighted by atomic mass is 79.9. The molecule has 1 N–H and O–H groups in total. The summed E-state index contributed by atoms with van der Waals surface area (Å²) in [7, 11) is 0. The number of aryl methyl sites for hydroxylation is 1. The van der Waals surface area contributed by atoms with Crippen molar-refractivity contribution in [3.8, 4) is 0 Å². The summed E-state index contributed by atoms with van der Waals surface area (Å²) in [5, 5.41) is 14.4. The van der Waals surface area contributed by atoms with Crippen molar-refractivity contribution in [3.63, 3.8) is 0 Å². The Morgan fingerprint density at radius 1 is 1.33 bits per heavy atom. The first kappa shape index (κ1) is 16.5. The average Bonchev–Trinajstić information content (AvgIpc) is 2.78. The van der Waals surface area contributed by atoms with Crippen molar-refractivity contribution >= 4 is 31.9 Å². The topological polar surface area (TPSA) is 38.0 Å². The zero-order chi connectivity index (χ0) is 15.8. The van der Waals surface area contributed by atoms with Gasteiger partial charge in [-0.1, -0.05) is 22.0 Å². The van der Waals surface area contributed by atoms with Crippen molar-refractivity contribution in [2.24, 2.45) is 0 Å². The molecule has 2 aromatic rings. The minimum atomic E-state index is -4.55. The molecule has 0 aliphatic heterocycles. The predicted molar refractivity (Wildman–Crippen MR) is 78.8 cm³/mol. The Morgan fingerprint density at radius 2 is 2.00 bits per heavy atom. The molecule has 1 aromatic carbocycles. The quantitative estimate of drug-likeness (QED) is 0.781. The van der Waals surface area contributed by atoms with Gasteiger partial charge in [0.2, 0.25) is 0 Å². The lowest BCUT2D eigenvalue weighted by Crippen LogP contribution is -2.16. The molecule has 21 heavy (non-hydrogen) atoms. The van der Waals surface area contributed by atoms with Gasteiger partial charge < -0.3 is 5.11 Å². The maximum Gasteiger partial charge on any atom is 0.416 e. The molecule has 0 aliphatic rings. The lowest BCUT2D eigenvalue weighted by molar-refractivity contribution is -0.139. The third-order valence-corrected chi connectivity index (χ3v) is 4.11. The van der Waals surface area contributed by atoms with Gasteiger partial charge in [0.15, 0.2) is 0 Å². The van der Waals surface area contributed by atoms with E-state index in [0.29, 0.717) is 21.2 Å². The van der Waals surface area contributed by atoms with E-state index in [2.05, 4.69) is 37.0 Å². The first-order valence-corrected chi connectivity index (χ1v) is 7.60. The second-order valence-corrected chi connectivity index (χ2v) is 6.10. The van der Waals surface area contributed by atoms with Crippen LogP contribution in [0.4, 0.5) is 13.2 Å². The van der Waals surface area contributed by atoms with Crippen molar-refractivity contribution in [2.75, 3.05) is 0 Å². The second kappa shape index (κ2) is 6.10. The van der Waals surface area contributed by atoms with Crippen LogP contribution in [0.3, 0.4) is 0 Å². The molecule has 0 amide bonds. The maximum absolute atomic E-state index is 13.1. The summed E-state index contributed by atoms with van der Waals surface area (Å²) in [6, 6.07) is 3.68. The van der Waals surface area contributed by atoms with Crippen molar-refractivity contribution in [2.45, 2.75) is 25.7 Å². The van der Waals surface area contributed by atoms with E-state index >= 15 is 0 Å². The first-order valence-electron chi connectivity index (χ1n) is 6.01. The highest BCUT2D eigenvalue weighted by Gasteiger charge is 2.36. The Bertz CT molecular complexity index is 655. The lowest BCUT2D eigenvalue weighted by Gasteiger charge is -2.19. The monoisotopic (exact) mass is 426 g/mol. The van der Waals surface area contributed by atoms with Gasteiger partial charge in [0.25, 0.3) is 0 Å². The molecule has 1 heterocycles. The molecule has 0 spiro atoms. The third-order valence-electron chi connectivity index (χ3n) is 3.01. The predicted octanol–water partition coefficient (Wildman–Crippen LogP) is 4.53. The fraction of sp³-hybridized carbons (Fsp3) is 0.308. The number of aromatic nitrogens is 2. The van der Waals surface area contributed by atoms with Gasteiger partial charge in [0.1, 0.15) is 6.10 Å². The van der Waals surface area contributed by atoms with Crippen LogP contribution in [-0.4, -0.2) is 14.9 Å². The fourth-order valence-corrected chi connectivity index (χ4v) is 2.93. The molecule has 0 aliphatic carbocycles. The second-order valence-electron chi connectivity index (χ2n) is 4.33. The molecule has 1 atom stereocenters. The lowest BCUT2D eigenvalue weighted by atomic mass is 9.99. The van der Waals surface area contributed by atoms with E-state index < -0.39 is 17.8 Å². The van der Waals surface area contributed by atoms with Crippen LogP contribution in [0.25, 0.3) is 0 Å². The highest BCUT2D eigenvalue weighted by molar-refractivity contribution is 9.10. The molecule has 3 nitrogen and oxygen atoms in total. The number of hydrogen-bond donors (Lipinski definition) is 1.